The summed E-state index contributed by atoms with van der Waals surface area (Å²) in [6, 6.07) is 11.2. The zero-order valence-electron chi connectivity index (χ0n) is 11.4. The molecule has 0 aliphatic heterocycles. The Morgan fingerprint density at radius 3 is 2.65 bits per heavy atom. The molecule has 2 rings (SSSR count). The Balaban J connectivity index is 2.20. The van der Waals surface area contributed by atoms with E-state index in [0.29, 0.717) is 35.0 Å². The van der Waals surface area contributed by atoms with Crippen LogP contribution < -0.4 is 9.47 Å². The van der Waals surface area contributed by atoms with Gasteiger partial charge in [-0.05, 0) is 18.6 Å². The number of hydrogen-bond acceptors (Lipinski definition) is 3. The van der Waals surface area contributed by atoms with E-state index in [4.69, 9.17) is 21.1 Å². The van der Waals surface area contributed by atoms with Gasteiger partial charge in [0.1, 0.15) is 6.61 Å². The van der Waals surface area contributed by atoms with Gasteiger partial charge < -0.3 is 9.47 Å². The van der Waals surface area contributed by atoms with Gasteiger partial charge in [-0.25, -0.2) is 0 Å². The molecule has 0 aliphatic rings. The molecule has 3 nitrogen and oxygen atoms in total. The Morgan fingerprint density at radius 2 is 2.00 bits per heavy atom. The van der Waals surface area contributed by atoms with Gasteiger partial charge in [-0.3, -0.25) is 4.79 Å². The van der Waals surface area contributed by atoms with Crippen LogP contribution in [-0.2, 0) is 6.61 Å². The Bertz CT molecular complexity index is 623. The average molecular weight is 291 g/mol. The highest BCUT2D eigenvalue weighted by atomic mass is 35.5. The van der Waals surface area contributed by atoms with Crippen LogP contribution in [0.15, 0.2) is 36.4 Å². The van der Waals surface area contributed by atoms with Gasteiger partial charge in [0.05, 0.1) is 12.1 Å². The highest BCUT2D eigenvalue weighted by Gasteiger charge is 2.10. The summed E-state index contributed by atoms with van der Waals surface area (Å²) in [7, 11) is 1.53. The Labute approximate surface area is 123 Å². The second-order valence-corrected chi connectivity index (χ2v) is 4.83. The second kappa shape index (κ2) is 6.44. The lowest BCUT2D eigenvalue weighted by Gasteiger charge is -2.12. The van der Waals surface area contributed by atoms with E-state index in [1.165, 1.54) is 12.7 Å². The highest BCUT2D eigenvalue weighted by molar-refractivity contribution is 6.33. The zero-order valence-corrected chi connectivity index (χ0v) is 12.1. The van der Waals surface area contributed by atoms with Crippen LogP contribution in [0.5, 0.6) is 11.5 Å². The molecule has 0 aliphatic carbocycles. The van der Waals surface area contributed by atoms with Crippen LogP contribution in [0.3, 0.4) is 0 Å². The molecule has 104 valence electrons. The Morgan fingerprint density at radius 1 is 1.20 bits per heavy atom. The summed E-state index contributed by atoms with van der Waals surface area (Å²) in [4.78, 5) is 10.8. The number of carbonyl (C=O) groups is 1. The predicted molar refractivity (Wildman–Crippen MR) is 78.9 cm³/mol. The number of benzene rings is 2. The molecule has 2 aromatic rings. The van der Waals surface area contributed by atoms with Gasteiger partial charge in [0.2, 0.25) is 0 Å². The van der Waals surface area contributed by atoms with Gasteiger partial charge in [0.25, 0.3) is 0 Å². The van der Waals surface area contributed by atoms with Crippen LogP contribution in [0.25, 0.3) is 0 Å². The number of hydrogen-bond donors (Lipinski definition) is 0. The number of carbonyl (C=O) groups excluding carboxylic acids is 1. The van der Waals surface area contributed by atoms with Crippen LogP contribution in [0.4, 0.5) is 0 Å². The smallest absolute Gasteiger partial charge is 0.163 e. The quantitative estimate of drug-likeness (QED) is 0.779. The molecule has 0 atom stereocenters. The van der Waals surface area contributed by atoms with Crippen LogP contribution >= 0.6 is 11.6 Å². The van der Waals surface area contributed by atoms with Crippen molar-refractivity contribution >= 4 is 17.9 Å². The van der Waals surface area contributed by atoms with E-state index in [0.717, 1.165) is 5.56 Å². The van der Waals surface area contributed by atoms with E-state index in [1.54, 1.807) is 12.1 Å². The number of rotatable bonds is 5. The molecule has 0 N–H and O–H groups in total. The van der Waals surface area contributed by atoms with E-state index in [2.05, 4.69) is 0 Å². The molecule has 20 heavy (non-hydrogen) atoms. The van der Waals surface area contributed by atoms with E-state index >= 15 is 0 Å². The molecule has 2 aromatic carbocycles. The molecule has 0 amide bonds. The largest absolute Gasteiger partial charge is 0.493 e. The normalized spacial score (nSPS) is 10.2. The molecule has 0 heterocycles. The highest BCUT2D eigenvalue weighted by Crippen LogP contribution is 2.33. The van der Waals surface area contributed by atoms with E-state index < -0.39 is 0 Å². The summed E-state index contributed by atoms with van der Waals surface area (Å²) in [5.41, 5.74) is 2.61. The summed E-state index contributed by atoms with van der Waals surface area (Å²) in [5, 5.41) is 0.347. The molecule has 0 bridgehead atoms. The van der Waals surface area contributed by atoms with Gasteiger partial charge in [-0.1, -0.05) is 41.4 Å². The SMILES string of the molecule is COc1cc(C=O)c(Cl)cc1OCc1cccc(C)c1. The first-order valence-corrected chi connectivity index (χ1v) is 6.53. The number of ether oxygens (including phenoxy) is 2. The van der Waals surface area contributed by atoms with Gasteiger partial charge in [-0.2, -0.15) is 0 Å². The summed E-state index contributed by atoms with van der Waals surface area (Å²) in [5.74, 6) is 1.01. The molecule has 0 saturated carbocycles. The Kier molecular flexibility index (Phi) is 4.64. The lowest BCUT2D eigenvalue weighted by molar-refractivity contribution is 0.112. The monoisotopic (exact) mass is 290 g/mol. The van der Waals surface area contributed by atoms with E-state index in [9.17, 15) is 4.79 Å². The maximum atomic E-state index is 10.8. The van der Waals surface area contributed by atoms with Crippen molar-refractivity contribution < 1.29 is 14.3 Å². The molecule has 0 spiro atoms. The number of halogens is 1. The third kappa shape index (κ3) is 3.31. The minimum Gasteiger partial charge on any atom is -0.493 e. The third-order valence-electron chi connectivity index (χ3n) is 2.89. The molecule has 4 heteroatoms. The minimum absolute atomic E-state index is 0.347. The third-order valence-corrected chi connectivity index (χ3v) is 3.21. The summed E-state index contributed by atoms with van der Waals surface area (Å²) >= 11 is 6.00. The van der Waals surface area contributed by atoms with Crippen molar-refractivity contribution in [3.8, 4) is 11.5 Å². The number of aryl methyl sites for hydroxylation is 1. The lowest BCUT2D eigenvalue weighted by atomic mass is 10.1. The van der Waals surface area contributed by atoms with Gasteiger partial charge in [-0.15, -0.1) is 0 Å². The summed E-state index contributed by atoms with van der Waals surface area (Å²) < 4.78 is 10.9. The minimum atomic E-state index is 0.347. The van der Waals surface area contributed by atoms with Gasteiger partial charge in [0, 0.05) is 11.6 Å². The molecule has 0 radical (unpaired) electrons. The van der Waals surface area contributed by atoms with Crippen molar-refractivity contribution in [2.75, 3.05) is 7.11 Å². The topological polar surface area (TPSA) is 35.5 Å². The van der Waals surface area contributed by atoms with Crippen LogP contribution in [-0.4, -0.2) is 13.4 Å². The summed E-state index contributed by atoms with van der Waals surface area (Å²) in [6.45, 7) is 2.44. The van der Waals surface area contributed by atoms with E-state index in [-0.39, 0.29) is 0 Å². The van der Waals surface area contributed by atoms with Crippen LogP contribution in [0.2, 0.25) is 5.02 Å². The standard InChI is InChI=1S/C16H15ClO3/c1-11-4-3-5-12(6-11)10-20-16-8-14(17)13(9-18)7-15(16)19-2/h3-9H,10H2,1-2H3. The van der Waals surface area contributed by atoms with Crippen molar-refractivity contribution in [3.05, 3.63) is 58.1 Å². The van der Waals surface area contributed by atoms with Crippen molar-refractivity contribution in [1.29, 1.82) is 0 Å². The maximum Gasteiger partial charge on any atom is 0.163 e. The van der Waals surface area contributed by atoms with Gasteiger partial charge >= 0.3 is 0 Å². The fourth-order valence-corrected chi connectivity index (χ4v) is 2.07. The van der Waals surface area contributed by atoms with Gasteiger partial charge in [0.15, 0.2) is 17.8 Å². The average Bonchev–Trinajstić information content (AvgIpc) is 2.45. The van der Waals surface area contributed by atoms with Crippen molar-refractivity contribution in [1.82, 2.24) is 0 Å². The molecule has 0 fully saturated rings. The number of methoxy groups -OCH3 is 1. The second-order valence-electron chi connectivity index (χ2n) is 4.42. The molecule has 0 aromatic heterocycles. The van der Waals surface area contributed by atoms with Crippen LogP contribution in [0, 0.1) is 6.92 Å². The molecule has 0 saturated heterocycles. The fraction of sp³-hybridized carbons (Fsp3) is 0.188. The summed E-state index contributed by atoms with van der Waals surface area (Å²) in [6.07, 6.45) is 0.690. The first-order chi connectivity index (χ1) is 9.63. The zero-order chi connectivity index (χ0) is 14.5. The first-order valence-electron chi connectivity index (χ1n) is 6.15. The van der Waals surface area contributed by atoms with Crippen molar-refractivity contribution in [2.24, 2.45) is 0 Å². The first kappa shape index (κ1) is 14.4. The lowest BCUT2D eigenvalue weighted by Crippen LogP contribution is -1.99. The van der Waals surface area contributed by atoms with Crippen molar-refractivity contribution in [3.63, 3.8) is 0 Å². The fourth-order valence-electron chi connectivity index (χ4n) is 1.88. The van der Waals surface area contributed by atoms with Crippen molar-refractivity contribution in [2.45, 2.75) is 13.5 Å². The number of aldehydes is 1. The predicted octanol–water partition coefficient (Wildman–Crippen LogP) is 4.05. The molecule has 0 unspecified atom stereocenters. The molecular weight excluding hydrogens is 276 g/mol. The maximum absolute atomic E-state index is 10.8. The van der Waals surface area contributed by atoms with Crippen LogP contribution in [0.1, 0.15) is 21.5 Å². The van der Waals surface area contributed by atoms with E-state index in [1.807, 2.05) is 31.2 Å². The molecular formula is C16H15ClO3. The Hall–Kier alpha value is -2.00.